The predicted octanol–water partition coefficient (Wildman–Crippen LogP) is 3.27. The lowest BCUT2D eigenvalue weighted by molar-refractivity contribution is 0.0769. The second-order valence-electron chi connectivity index (χ2n) is 7.17. The van der Waals surface area contributed by atoms with Gasteiger partial charge in [-0.3, -0.25) is 9.10 Å². The number of nitrogens with zero attached hydrogens (tertiary/aromatic N) is 4. The molecule has 0 radical (unpaired) electrons. The SMILES string of the molecule is C=CCN(c1ccc(C(=O)N(C)Cc2nc(-c3ccc(C)cc3)no2)cc1)S(C)(=O)=O. The van der Waals surface area contributed by atoms with E-state index in [9.17, 15) is 13.2 Å². The van der Waals surface area contributed by atoms with Gasteiger partial charge >= 0.3 is 0 Å². The van der Waals surface area contributed by atoms with Crippen LogP contribution in [0.1, 0.15) is 21.8 Å². The van der Waals surface area contributed by atoms with Crippen LogP contribution in [0.4, 0.5) is 5.69 Å². The monoisotopic (exact) mass is 440 g/mol. The number of amides is 1. The summed E-state index contributed by atoms with van der Waals surface area (Å²) in [5.74, 6) is 0.525. The highest BCUT2D eigenvalue weighted by molar-refractivity contribution is 7.92. The number of benzene rings is 2. The molecule has 0 fully saturated rings. The fourth-order valence-electron chi connectivity index (χ4n) is 2.95. The molecule has 1 heterocycles. The zero-order valence-corrected chi connectivity index (χ0v) is 18.5. The van der Waals surface area contributed by atoms with Gasteiger partial charge in [-0.1, -0.05) is 41.1 Å². The van der Waals surface area contributed by atoms with E-state index in [0.29, 0.717) is 23.0 Å². The number of rotatable bonds is 8. The van der Waals surface area contributed by atoms with E-state index in [-0.39, 0.29) is 19.0 Å². The van der Waals surface area contributed by atoms with Crippen molar-refractivity contribution in [2.45, 2.75) is 13.5 Å². The average Bonchev–Trinajstić information content (AvgIpc) is 3.19. The van der Waals surface area contributed by atoms with Gasteiger partial charge in [0, 0.05) is 18.2 Å². The summed E-state index contributed by atoms with van der Waals surface area (Å²) in [6.45, 7) is 5.87. The fourth-order valence-corrected chi connectivity index (χ4v) is 3.83. The maximum atomic E-state index is 12.8. The summed E-state index contributed by atoms with van der Waals surface area (Å²) >= 11 is 0. The Hall–Kier alpha value is -3.46. The molecule has 0 saturated heterocycles. The first-order valence-electron chi connectivity index (χ1n) is 9.53. The molecule has 0 atom stereocenters. The van der Waals surface area contributed by atoms with E-state index in [1.807, 2.05) is 31.2 Å². The highest BCUT2D eigenvalue weighted by Crippen LogP contribution is 2.20. The number of carbonyl (C=O) groups is 1. The van der Waals surface area contributed by atoms with E-state index in [1.165, 1.54) is 15.3 Å². The van der Waals surface area contributed by atoms with Gasteiger partial charge in [-0.2, -0.15) is 4.98 Å². The van der Waals surface area contributed by atoms with E-state index in [2.05, 4.69) is 16.7 Å². The molecule has 1 aromatic heterocycles. The summed E-state index contributed by atoms with van der Waals surface area (Å²) in [6.07, 6.45) is 2.63. The third kappa shape index (κ3) is 5.37. The van der Waals surface area contributed by atoms with Crippen molar-refractivity contribution in [1.82, 2.24) is 15.0 Å². The first kappa shape index (κ1) is 22.2. The number of aryl methyl sites for hydroxylation is 1. The fraction of sp³-hybridized carbons (Fsp3) is 0.227. The molecular weight excluding hydrogens is 416 g/mol. The minimum Gasteiger partial charge on any atom is -0.337 e. The van der Waals surface area contributed by atoms with Gasteiger partial charge in [0.2, 0.25) is 21.7 Å². The molecule has 3 rings (SSSR count). The molecule has 1 amide bonds. The Bertz CT molecular complexity index is 1170. The van der Waals surface area contributed by atoms with Crippen molar-refractivity contribution in [3.05, 3.63) is 78.2 Å². The van der Waals surface area contributed by atoms with Gasteiger partial charge in [0.25, 0.3) is 5.91 Å². The Labute approximate surface area is 181 Å². The second-order valence-corrected chi connectivity index (χ2v) is 9.08. The molecule has 0 N–H and O–H groups in total. The highest BCUT2D eigenvalue weighted by Gasteiger charge is 2.19. The summed E-state index contributed by atoms with van der Waals surface area (Å²) in [7, 11) is -1.82. The van der Waals surface area contributed by atoms with Crippen molar-refractivity contribution in [1.29, 1.82) is 0 Å². The summed E-state index contributed by atoms with van der Waals surface area (Å²) in [4.78, 5) is 18.6. The van der Waals surface area contributed by atoms with E-state index in [4.69, 9.17) is 4.52 Å². The summed E-state index contributed by atoms with van der Waals surface area (Å²) in [6, 6.07) is 14.1. The van der Waals surface area contributed by atoms with Crippen LogP contribution < -0.4 is 4.31 Å². The van der Waals surface area contributed by atoms with Crippen LogP contribution in [-0.2, 0) is 16.6 Å². The topological polar surface area (TPSA) is 96.6 Å². The van der Waals surface area contributed by atoms with Crippen molar-refractivity contribution >= 4 is 21.6 Å². The predicted molar refractivity (Wildman–Crippen MR) is 119 cm³/mol. The van der Waals surface area contributed by atoms with Gasteiger partial charge in [-0.25, -0.2) is 8.42 Å². The molecule has 162 valence electrons. The van der Waals surface area contributed by atoms with Crippen molar-refractivity contribution in [2.75, 3.05) is 24.2 Å². The number of carbonyl (C=O) groups excluding carboxylic acids is 1. The Morgan fingerprint density at radius 2 is 1.77 bits per heavy atom. The molecular formula is C22H24N4O4S. The zero-order valence-electron chi connectivity index (χ0n) is 17.6. The van der Waals surface area contributed by atoms with E-state index in [1.54, 1.807) is 31.3 Å². The normalized spacial score (nSPS) is 11.2. The van der Waals surface area contributed by atoms with Crippen LogP contribution in [0.25, 0.3) is 11.4 Å². The molecule has 0 bridgehead atoms. The Kier molecular flexibility index (Phi) is 6.55. The molecule has 0 spiro atoms. The van der Waals surface area contributed by atoms with Gasteiger partial charge in [0.15, 0.2) is 0 Å². The van der Waals surface area contributed by atoms with Crippen molar-refractivity contribution in [3.8, 4) is 11.4 Å². The van der Waals surface area contributed by atoms with Crippen LogP contribution in [0.2, 0.25) is 0 Å². The van der Waals surface area contributed by atoms with Crippen molar-refractivity contribution in [2.24, 2.45) is 0 Å². The van der Waals surface area contributed by atoms with E-state index < -0.39 is 10.0 Å². The number of sulfonamides is 1. The molecule has 0 aliphatic carbocycles. The number of aromatic nitrogens is 2. The molecule has 0 saturated carbocycles. The minimum atomic E-state index is -3.45. The summed E-state index contributed by atoms with van der Waals surface area (Å²) in [5, 5.41) is 3.98. The molecule has 9 heteroatoms. The Morgan fingerprint density at radius 1 is 1.13 bits per heavy atom. The maximum absolute atomic E-state index is 12.8. The van der Waals surface area contributed by atoms with E-state index in [0.717, 1.165) is 17.4 Å². The van der Waals surface area contributed by atoms with Crippen LogP contribution in [0.15, 0.2) is 65.7 Å². The van der Waals surface area contributed by atoms with Gasteiger partial charge in [-0.05, 0) is 31.2 Å². The lowest BCUT2D eigenvalue weighted by atomic mass is 10.1. The van der Waals surface area contributed by atoms with Gasteiger partial charge in [0.1, 0.15) is 0 Å². The summed E-state index contributed by atoms with van der Waals surface area (Å²) < 4.78 is 30.4. The lowest BCUT2D eigenvalue weighted by Gasteiger charge is -2.21. The number of anilines is 1. The minimum absolute atomic E-state index is 0.144. The molecule has 2 aromatic carbocycles. The van der Waals surface area contributed by atoms with Gasteiger partial charge < -0.3 is 9.42 Å². The first-order valence-corrected chi connectivity index (χ1v) is 11.4. The first-order chi connectivity index (χ1) is 14.7. The number of hydrogen-bond donors (Lipinski definition) is 0. The molecule has 0 aliphatic rings. The van der Waals surface area contributed by atoms with Crippen LogP contribution in [0, 0.1) is 6.92 Å². The van der Waals surface area contributed by atoms with Gasteiger partial charge in [-0.15, -0.1) is 6.58 Å². The van der Waals surface area contributed by atoms with E-state index >= 15 is 0 Å². The average molecular weight is 441 g/mol. The molecule has 31 heavy (non-hydrogen) atoms. The second kappa shape index (κ2) is 9.13. The Morgan fingerprint density at radius 3 is 2.35 bits per heavy atom. The van der Waals surface area contributed by atoms with Crippen LogP contribution in [-0.4, -0.2) is 49.2 Å². The molecule has 3 aromatic rings. The van der Waals surface area contributed by atoms with Crippen molar-refractivity contribution in [3.63, 3.8) is 0 Å². The quantitative estimate of drug-likeness (QED) is 0.499. The largest absolute Gasteiger partial charge is 0.337 e. The highest BCUT2D eigenvalue weighted by atomic mass is 32.2. The third-order valence-electron chi connectivity index (χ3n) is 4.59. The van der Waals surface area contributed by atoms with Gasteiger partial charge in [0.05, 0.1) is 25.0 Å². The van der Waals surface area contributed by atoms with Crippen LogP contribution >= 0.6 is 0 Å². The molecule has 0 aliphatic heterocycles. The van der Waals surface area contributed by atoms with Crippen LogP contribution in [0.5, 0.6) is 0 Å². The number of hydrogen-bond acceptors (Lipinski definition) is 6. The standard InChI is InChI=1S/C22H24N4O4S/c1-5-14-26(31(4,28)29)19-12-10-18(11-13-19)22(27)25(3)15-20-23-21(24-30-20)17-8-6-16(2)7-9-17/h5-13H,1,14-15H2,2-4H3. The Balaban J connectivity index is 1.70. The molecule has 8 nitrogen and oxygen atoms in total. The molecule has 0 unspecified atom stereocenters. The third-order valence-corrected chi connectivity index (χ3v) is 5.76. The van der Waals surface area contributed by atoms with Crippen molar-refractivity contribution < 1.29 is 17.7 Å². The summed E-state index contributed by atoms with van der Waals surface area (Å²) in [5.41, 5.74) is 2.84. The zero-order chi connectivity index (χ0) is 22.6. The smallest absolute Gasteiger partial charge is 0.254 e. The maximum Gasteiger partial charge on any atom is 0.254 e. The van der Waals surface area contributed by atoms with Crippen LogP contribution in [0.3, 0.4) is 0 Å². The lowest BCUT2D eigenvalue weighted by Crippen LogP contribution is -2.30.